The molecule has 1 aromatic carbocycles. The van der Waals surface area contributed by atoms with Crippen LogP contribution in [0.1, 0.15) is 71.1 Å². The summed E-state index contributed by atoms with van der Waals surface area (Å²) in [6.07, 6.45) is 7.42. The highest BCUT2D eigenvalue weighted by Gasteiger charge is 2.27. The van der Waals surface area contributed by atoms with Crippen molar-refractivity contribution < 1.29 is 9.59 Å². The maximum absolute atomic E-state index is 13.1. The van der Waals surface area contributed by atoms with Gasteiger partial charge < -0.3 is 10.2 Å². The number of hydrogen-bond acceptors (Lipinski definition) is 6. The van der Waals surface area contributed by atoms with Crippen LogP contribution in [0.3, 0.4) is 0 Å². The van der Waals surface area contributed by atoms with Crippen molar-refractivity contribution in [1.29, 1.82) is 0 Å². The number of nitrogens with zero attached hydrogens (tertiary/aromatic N) is 4. The van der Waals surface area contributed by atoms with Gasteiger partial charge in [-0.1, -0.05) is 50.5 Å². The Morgan fingerprint density at radius 1 is 1.09 bits per heavy atom. The molecule has 1 saturated carbocycles. The number of aromatic nitrogens is 2. The molecule has 1 aliphatic heterocycles. The van der Waals surface area contributed by atoms with E-state index in [1.165, 1.54) is 43.4 Å². The van der Waals surface area contributed by atoms with Gasteiger partial charge >= 0.3 is 0 Å². The molecule has 2 heterocycles. The largest absolute Gasteiger partial charge is 0.336 e. The van der Waals surface area contributed by atoms with Gasteiger partial charge in [-0.2, -0.15) is 0 Å². The van der Waals surface area contributed by atoms with Gasteiger partial charge in [-0.3, -0.25) is 14.5 Å². The van der Waals surface area contributed by atoms with Gasteiger partial charge in [0.05, 0.1) is 0 Å². The lowest BCUT2D eigenvalue weighted by molar-refractivity contribution is 0.0523. The van der Waals surface area contributed by atoms with Crippen LogP contribution in [0, 0.1) is 5.92 Å². The summed E-state index contributed by atoms with van der Waals surface area (Å²) in [5.74, 6) is 0.203. The zero-order chi connectivity index (χ0) is 22.5. The highest BCUT2D eigenvalue weighted by Crippen LogP contribution is 2.24. The number of carbonyl (C=O) groups excluding carboxylic acids is 2. The SMILES string of the molecule is CC(C)Cc1nnc(C(=O)Nc2cccc(C(=O)N3CCN(C4CCCCC4)CC3)c2)s1. The standard InChI is InChI=1S/C24H33N5O2S/c1-17(2)15-21-26-27-23(32-21)22(30)25-19-8-6-7-18(16-19)24(31)29-13-11-28(12-14-29)20-9-4-3-5-10-20/h6-8,16-17,20H,3-5,9-15H2,1-2H3,(H,25,30). The second kappa shape index (κ2) is 10.5. The van der Waals surface area contributed by atoms with Gasteiger partial charge in [0, 0.05) is 49.9 Å². The first kappa shape index (κ1) is 22.9. The zero-order valence-corrected chi connectivity index (χ0v) is 19.9. The summed E-state index contributed by atoms with van der Waals surface area (Å²) >= 11 is 1.32. The second-order valence-electron chi connectivity index (χ2n) is 9.25. The fourth-order valence-electron chi connectivity index (χ4n) is 4.61. The van der Waals surface area contributed by atoms with E-state index in [4.69, 9.17) is 0 Å². The van der Waals surface area contributed by atoms with Crippen molar-refractivity contribution in [2.45, 2.75) is 58.4 Å². The molecule has 1 N–H and O–H groups in total. The zero-order valence-electron chi connectivity index (χ0n) is 19.0. The highest BCUT2D eigenvalue weighted by atomic mass is 32.1. The molecular formula is C24H33N5O2S. The summed E-state index contributed by atoms with van der Waals surface area (Å²) < 4.78 is 0. The van der Waals surface area contributed by atoms with Gasteiger partial charge in [0.1, 0.15) is 5.01 Å². The number of piperazine rings is 1. The van der Waals surface area contributed by atoms with Crippen LogP contribution < -0.4 is 5.32 Å². The molecule has 7 nitrogen and oxygen atoms in total. The maximum atomic E-state index is 13.1. The first-order valence-corrected chi connectivity index (χ1v) is 12.6. The molecule has 0 bridgehead atoms. The maximum Gasteiger partial charge on any atom is 0.286 e. The van der Waals surface area contributed by atoms with Crippen molar-refractivity contribution in [2.75, 3.05) is 31.5 Å². The minimum absolute atomic E-state index is 0.0273. The molecule has 0 atom stereocenters. The van der Waals surface area contributed by atoms with E-state index in [1.807, 2.05) is 17.0 Å². The lowest BCUT2D eigenvalue weighted by Crippen LogP contribution is -2.52. The molecule has 1 aliphatic carbocycles. The van der Waals surface area contributed by atoms with E-state index in [-0.39, 0.29) is 11.8 Å². The Morgan fingerprint density at radius 3 is 2.56 bits per heavy atom. The molecule has 0 unspecified atom stereocenters. The van der Waals surface area contributed by atoms with Crippen molar-refractivity contribution in [3.05, 3.63) is 39.8 Å². The summed E-state index contributed by atoms with van der Waals surface area (Å²) in [7, 11) is 0. The molecule has 2 amide bonds. The predicted octanol–water partition coefficient (Wildman–Crippen LogP) is 4.08. The van der Waals surface area contributed by atoms with E-state index in [1.54, 1.807) is 12.1 Å². The van der Waals surface area contributed by atoms with Gasteiger partial charge in [-0.05, 0) is 37.0 Å². The van der Waals surface area contributed by atoms with Crippen molar-refractivity contribution in [3.8, 4) is 0 Å². The van der Waals surface area contributed by atoms with Gasteiger partial charge in [0.15, 0.2) is 0 Å². The highest BCUT2D eigenvalue weighted by molar-refractivity contribution is 7.13. The van der Waals surface area contributed by atoms with E-state index in [9.17, 15) is 9.59 Å². The molecule has 2 aromatic rings. The Labute approximate surface area is 194 Å². The molecule has 32 heavy (non-hydrogen) atoms. The van der Waals surface area contributed by atoms with E-state index < -0.39 is 0 Å². The molecule has 0 radical (unpaired) electrons. The normalized spacial score (nSPS) is 18.2. The molecule has 2 aliphatic rings. The summed E-state index contributed by atoms with van der Waals surface area (Å²) in [5, 5.41) is 12.2. The molecule has 1 saturated heterocycles. The Hall–Kier alpha value is -2.32. The molecular weight excluding hydrogens is 422 g/mol. The van der Waals surface area contributed by atoms with Crippen LogP contribution in [0.15, 0.2) is 24.3 Å². The Morgan fingerprint density at radius 2 is 1.84 bits per heavy atom. The minimum Gasteiger partial charge on any atom is -0.336 e. The first-order chi connectivity index (χ1) is 15.5. The van der Waals surface area contributed by atoms with Crippen LogP contribution in [-0.2, 0) is 6.42 Å². The van der Waals surface area contributed by atoms with Crippen molar-refractivity contribution in [2.24, 2.45) is 5.92 Å². The molecule has 172 valence electrons. The quantitative estimate of drug-likeness (QED) is 0.710. The third kappa shape index (κ3) is 5.72. The lowest BCUT2D eigenvalue weighted by atomic mass is 9.94. The van der Waals surface area contributed by atoms with Gasteiger partial charge in [0.25, 0.3) is 11.8 Å². The van der Waals surface area contributed by atoms with Crippen molar-refractivity contribution >= 4 is 28.8 Å². The summed E-state index contributed by atoms with van der Waals surface area (Å²) in [6.45, 7) is 7.63. The van der Waals surface area contributed by atoms with Gasteiger partial charge in [-0.25, -0.2) is 0 Å². The van der Waals surface area contributed by atoms with E-state index in [2.05, 4.69) is 34.3 Å². The van der Waals surface area contributed by atoms with E-state index >= 15 is 0 Å². The van der Waals surface area contributed by atoms with E-state index in [0.717, 1.165) is 37.6 Å². The van der Waals surface area contributed by atoms with E-state index in [0.29, 0.717) is 28.2 Å². The Kier molecular flexibility index (Phi) is 7.52. The van der Waals surface area contributed by atoms with Crippen molar-refractivity contribution in [3.63, 3.8) is 0 Å². The van der Waals surface area contributed by atoms with Crippen LogP contribution in [0.25, 0.3) is 0 Å². The first-order valence-electron chi connectivity index (χ1n) is 11.8. The van der Waals surface area contributed by atoms with Crippen LogP contribution >= 0.6 is 11.3 Å². The van der Waals surface area contributed by atoms with Gasteiger partial charge in [-0.15, -0.1) is 10.2 Å². The fourth-order valence-corrected chi connectivity index (χ4v) is 5.56. The Balaban J connectivity index is 1.33. The summed E-state index contributed by atoms with van der Waals surface area (Å²) in [5.41, 5.74) is 1.20. The third-order valence-corrected chi connectivity index (χ3v) is 7.25. The average molecular weight is 456 g/mol. The predicted molar refractivity (Wildman–Crippen MR) is 127 cm³/mol. The molecule has 0 spiro atoms. The smallest absolute Gasteiger partial charge is 0.286 e. The molecule has 1 aromatic heterocycles. The molecule has 2 fully saturated rings. The average Bonchev–Trinajstić information content (AvgIpc) is 3.27. The summed E-state index contributed by atoms with van der Waals surface area (Å²) in [4.78, 5) is 30.1. The monoisotopic (exact) mass is 455 g/mol. The summed E-state index contributed by atoms with van der Waals surface area (Å²) in [6, 6.07) is 7.87. The number of benzene rings is 1. The number of rotatable bonds is 6. The van der Waals surface area contributed by atoms with Crippen LogP contribution in [0.5, 0.6) is 0 Å². The number of nitrogens with one attached hydrogen (secondary N) is 1. The molecule has 4 rings (SSSR count). The van der Waals surface area contributed by atoms with Crippen LogP contribution in [-0.4, -0.2) is 64.0 Å². The number of amides is 2. The Bertz CT molecular complexity index is 930. The number of carbonyl (C=O) groups is 2. The second-order valence-corrected chi connectivity index (χ2v) is 10.3. The van der Waals surface area contributed by atoms with Crippen molar-refractivity contribution in [1.82, 2.24) is 20.0 Å². The number of hydrogen-bond donors (Lipinski definition) is 1. The minimum atomic E-state index is -0.289. The third-order valence-electron chi connectivity index (χ3n) is 6.30. The number of anilines is 1. The lowest BCUT2D eigenvalue weighted by Gasteiger charge is -2.40. The molecule has 8 heteroatoms. The topological polar surface area (TPSA) is 78.4 Å². The van der Waals surface area contributed by atoms with Crippen LogP contribution in [0.2, 0.25) is 0 Å². The van der Waals surface area contributed by atoms with Crippen LogP contribution in [0.4, 0.5) is 5.69 Å². The van der Waals surface area contributed by atoms with Gasteiger partial charge in [0.2, 0.25) is 5.01 Å². The fraction of sp³-hybridized carbons (Fsp3) is 0.583.